The number of benzene rings is 2. The third-order valence-electron chi connectivity index (χ3n) is 5.15. The molecule has 3 N–H and O–H groups in total. The van der Waals surface area contributed by atoms with E-state index in [4.69, 9.17) is 5.73 Å². The van der Waals surface area contributed by atoms with Crippen LogP contribution in [-0.2, 0) is 0 Å². The first kappa shape index (κ1) is 18.9. The number of H-pyrrole nitrogens is 1. The van der Waals surface area contributed by atoms with Crippen LogP contribution in [0.1, 0.15) is 43.0 Å². The number of hydrogen-bond acceptors (Lipinski definition) is 5. The highest BCUT2D eigenvalue weighted by Gasteiger charge is 2.33. The van der Waals surface area contributed by atoms with Crippen LogP contribution in [0, 0.1) is 21.7 Å². The van der Waals surface area contributed by atoms with Gasteiger partial charge >= 0.3 is 0 Å². The van der Waals surface area contributed by atoms with E-state index in [-0.39, 0.29) is 11.4 Å². The third kappa shape index (κ3) is 3.51. The molecule has 1 heterocycles. The Morgan fingerprint density at radius 3 is 2.55 bits per heavy atom. The average Bonchev–Trinajstić information content (AvgIpc) is 3.44. The van der Waals surface area contributed by atoms with E-state index in [2.05, 4.69) is 10.2 Å². The third-order valence-corrected chi connectivity index (χ3v) is 5.15. The Hall–Kier alpha value is -3.49. The van der Waals surface area contributed by atoms with Crippen molar-refractivity contribution in [2.75, 3.05) is 10.6 Å². The van der Waals surface area contributed by atoms with Gasteiger partial charge in [0, 0.05) is 23.7 Å². The number of aromatic amines is 1. The number of anilines is 3. The second kappa shape index (κ2) is 7.16. The van der Waals surface area contributed by atoms with Crippen LogP contribution in [0.5, 0.6) is 0 Å². The molecule has 2 aromatic carbocycles. The second-order valence-corrected chi connectivity index (χ2v) is 7.15. The summed E-state index contributed by atoms with van der Waals surface area (Å²) in [6.45, 7) is 1.74. The van der Waals surface area contributed by atoms with Gasteiger partial charge < -0.3 is 10.6 Å². The van der Waals surface area contributed by atoms with Gasteiger partial charge in [-0.15, -0.1) is 0 Å². The number of aromatic nitrogens is 2. The Morgan fingerprint density at radius 1 is 1.24 bits per heavy atom. The number of rotatable bonds is 6. The summed E-state index contributed by atoms with van der Waals surface area (Å²) in [7, 11) is 0. The predicted octanol–water partition coefficient (Wildman–Crippen LogP) is 4.96. The van der Waals surface area contributed by atoms with Gasteiger partial charge in [-0.1, -0.05) is 12.1 Å². The van der Waals surface area contributed by atoms with Crippen LogP contribution < -0.4 is 10.6 Å². The van der Waals surface area contributed by atoms with Crippen molar-refractivity contribution in [1.29, 1.82) is 0 Å². The minimum absolute atomic E-state index is 0.208. The Morgan fingerprint density at radius 2 is 1.93 bits per heavy atom. The summed E-state index contributed by atoms with van der Waals surface area (Å²) >= 11 is 0. The van der Waals surface area contributed by atoms with Crippen molar-refractivity contribution in [2.45, 2.75) is 31.7 Å². The number of hydrogen-bond donors (Lipinski definition) is 2. The molecule has 1 saturated carbocycles. The van der Waals surface area contributed by atoms with Gasteiger partial charge in [0.1, 0.15) is 5.82 Å². The van der Waals surface area contributed by atoms with Gasteiger partial charge in [-0.3, -0.25) is 15.2 Å². The van der Waals surface area contributed by atoms with Gasteiger partial charge in [0.25, 0.3) is 5.69 Å². The zero-order chi connectivity index (χ0) is 20.7. The molecule has 0 aliphatic heterocycles. The van der Waals surface area contributed by atoms with E-state index in [1.54, 1.807) is 25.1 Å². The van der Waals surface area contributed by atoms with Crippen molar-refractivity contribution in [1.82, 2.24) is 10.2 Å². The number of nitrogens with zero attached hydrogens (tertiary/aromatic N) is 3. The molecule has 1 aliphatic rings. The maximum absolute atomic E-state index is 15.1. The molecule has 0 radical (unpaired) electrons. The second-order valence-electron chi connectivity index (χ2n) is 7.15. The summed E-state index contributed by atoms with van der Waals surface area (Å²) < 4.78 is 28.5. The maximum Gasteiger partial charge on any atom is 0.296 e. The van der Waals surface area contributed by atoms with Gasteiger partial charge in [0.2, 0.25) is 0 Å². The fraction of sp³-hybridized carbons (Fsp3) is 0.250. The van der Waals surface area contributed by atoms with Gasteiger partial charge in [-0.25, -0.2) is 8.78 Å². The molecule has 1 aliphatic carbocycles. The number of nitro benzene ring substituents is 1. The molecule has 3 aromatic rings. The Labute approximate surface area is 165 Å². The van der Waals surface area contributed by atoms with Gasteiger partial charge in [-0.2, -0.15) is 5.10 Å². The first-order valence-corrected chi connectivity index (χ1v) is 9.19. The van der Waals surface area contributed by atoms with E-state index in [0.717, 1.165) is 24.6 Å². The summed E-state index contributed by atoms with van der Waals surface area (Å²) in [6, 6.07) is 9.20. The number of nitrogen functional groups attached to an aromatic ring is 1. The van der Waals surface area contributed by atoms with E-state index in [1.165, 1.54) is 23.1 Å². The van der Waals surface area contributed by atoms with Crippen LogP contribution in [0.3, 0.4) is 0 Å². The minimum Gasteiger partial charge on any atom is -0.396 e. The molecular formula is C20H19F2N5O2. The molecule has 29 heavy (non-hydrogen) atoms. The highest BCUT2D eigenvalue weighted by Crippen LogP contribution is 2.45. The van der Waals surface area contributed by atoms with Crippen LogP contribution in [-0.4, -0.2) is 15.1 Å². The fourth-order valence-electron chi connectivity index (χ4n) is 3.40. The van der Waals surface area contributed by atoms with Crippen molar-refractivity contribution in [3.8, 4) is 0 Å². The zero-order valence-corrected chi connectivity index (χ0v) is 15.6. The summed E-state index contributed by atoms with van der Waals surface area (Å²) in [6.07, 6.45) is 2.06. The Bertz CT molecular complexity index is 1060. The van der Waals surface area contributed by atoms with Crippen molar-refractivity contribution < 1.29 is 13.7 Å². The van der Waals surface area contributed by atoms with E-state index in [1.807, 2.05) is 0 Å². The summed E-state index contributed by atoms with van der Waals surface area (Å²) in [5.74, 6) is -0.621. The molecule has 0 unspecified atom stereocenters. The molecule has 7 nitrogen and oxygen atoms in total. The maximum atomic E-state index is 15.1. The van der Waals surface area contributed by atoms with E-state index in [9.17, 15) is 14.5 Å². The largest absolute Gasteiger partial charge is 0.396 e. The summed E-state index contributed by atoms with van der Waals surface area (Å²) in [4.78, 5) is 12.4. The summed E-state index contributed by atoms with van der Waals surface area (Å²) in [5, 5.41) is 18.9. The lowest BCUT2D eigenvalue weighted by atomic mass is 10.0. The van der Waals surface area contributed by atoms with Crippen molar-refractivity contribution in [3.63, 3.8) is 0 Å². The van der Waals surface area contributed by atoms with Crippen LogP contribution in [0.4, 0.5) is 31.7 Å². The fourth-order valence-corrected chi connectivity index (χ4v) is 3.40. The van der Waals surface area contributed by atoms with Crippen LogP contribution in [0.15, 0.2) is 42.5 Å². The molecule has 0 bridgehead atoms. The van der Waals surface area contributed by atoms with Gasteiger partial charge in [-0.05, 0) is 43.5 Å². The molecule has 4 rings (SSSR count). The molecule has 1 atom stereocenters. The van der Waals surface area contributed by atoms with E-state index >= 15 is 4.39 Å². The highest BCUT2D eigenvalue weighted by molar-refractivity contribution is 5.76. The number of halogens is 2. The van der Waals surface area contributed by atoms with Crippen LogP contribution in [0.2, 0.25) is 0 Å². The lowest BCUT2D eigenvalue weighted by molar-refractivity contribution is -0.384. The minimum atomic E-state index is -0.899. The topological polar surface area (TPSA) is 101 Å². The van der Waals surface area contributed by atoms with Crippen molar-refractivity contribution >= 4 is 22.9 Å². The summed E-state index contributed by atoms with van der Waals surface area (Å²) in [5.41, 5.74) is 6.34. The molecular weight excluding hydrogens is 380 g/mol. The molecule has 1 fully saturated rings. The van der Waals surface area contributed by atoms with Crippen molar-refractivity contribution in [3.05, 3.63) is 75.5 Å². The normalized spacial score (nSPS) is 14.6. The monoisotopic (exact) mass is 399 g/mol. The number of nitrogens with one attached hydrogen (secondary N) is 1. The number of nitro groups is 1. The predicted molar refractivity (Wildman–Crippen MR) is 105 cm³/mol. The van der Waals surface area contributed by atoms with Crippen molar-refractivity contribution in [2.24, 2.45) is 0 Å². The zero-order valence-electron chi connectivity index (χ0n) is 15.6. The number of nitrogens with two attached hydrogens (primary N) is 1. The highest BCUT2D eigenvalue weighted by atomic mass is 19.1. The molecule has 0 saturated heterocycles. The lowest BCUT2D eigenvalue weighted by Gasteiger charge is -2.29. The molecule has 0 spiro atoms. The van der Waals surface area contributed by atoms with Gasteiger partial charge in [0.05, 0.1) is 16.7 Å². The Balaban J connectivity index is 1.89. The van der Waals surface area contributed by atoms with Crippen LogP contribution >= 0.6 is 0 Å². The lowest BCUT2D eigenvalue weighted by Crippen LogP contribution is -2.24. The first-order valence-electron chi connectivity index (χ1n) is 9.19. The molecule has 0 amide bonds. The molecule has 1 aromatic heterocycles. The molecule has 9 heteroatoms. The Kier molecular flexibility index (Phi) is 4.65. The SMILES string of the molecule is C[C@@H](c1ccc(F)cc1)N(c1cc(C2CC2)[nH]n1)c1c([N+](=O)[O-])ccc(N)c1F. The van der Waals surface area contributed by atoms with Gasteiger partial charge in [0.15, 0.2) is 17.3 Å². The average molecular weight is 399 g/mol. The smallest absolute Gasteiger partial charge is 0.296 e. The van der Waals surface area contributed by atoms with E-state index < -0.39 is 28.3 Å². The van der Waals surface area contributed by atoms with E-state index in [0.29, 0.717) is 17.3 Å². The molecule has 150 valence electrons. The first-order chi connectivity index (χ1) is 13.9. The quantitative estimate of drug-likeness (QED) is 0.347. The van der Waals surface area contributed by atoms with Crippen LogP contribution in [0.25, 0.3) is 0 Å². The standard InChI is InChI=1S/C20H19F2N5O2/c1-11(12-4-6-14(21)7-5-12)26(18-10-16(24-25-18)13-2-3-13)20-17(27(28)29)9-8-15(23)19(20)22/h4-11,13H,2-3,23H2,1H3,(H,24,25)/t11-/m0/s1.